The van der Waals surface area contributed by atoms with Crippen molar-refractivity contribution in [2.24, 2.45) is 5.92 Å². The first-order valence-corrected chi connectivity index (χ1v) is 8.40. The molecule has 0 rings (SSSR count). The van der Waals surface area contributed by atoms with E-state index in [-0.39, 0.29) is 24.9 Å². The summed E-state index contributed by atoms with van der Waals surface area (Å²) in [5.41, 5.74) is 0. The largest absolute Gasteiger partial charge is 0.480 e. The Kier molecular flexibility index (Phi) is 13.6. The van der Waals surface area contributed by atoms with Crippen LogP contribution in [-0.4, -0.2) is 75.1 Å². The lowest BCUT2D eigenvalue weighted by molar-refractivity contribution is -0.138. The van der Waals surface area contributed by atoms with Crippen LogP contribution in [0.15, 0.2) is 0 Å². The molecule has 9 nitrogen and oxygen atoms in total. The molecule has 3 N–H and O–H groups in total. The molecule has 0 bridgehead atoms. The highest BCUT2D eigenvalue weighted by molar-refractivity contribution is 5.89. The van der Waals surface area contributed by atoms with Gasteiger partial charge in [0.05, 0.1) is 33.0 Å². The number of amides is 2. The summed E-state index contributed by atoms with van der Waals surface area (Å²) in [5, 5.41) is 13.4. The zero-order valence-electron chi connectivity index (χ0n) is 15.2. The van der Waals surface area contributed by atoms with Crippen LogP contribution in [0.2, 0.25) is 0 Å². The lowest BCUT2D eigenvalue weighted by Crippen LogP contribution is -2.50. The van der Waals surface area contributed by atoms with Crippen molar-refractivity contribution in [3.05, 3.63) is 0 Å². The zero-order valence-corrected chi connectivity index (χ0v) is 15.2. The second-order valence-electron chi connectivity index (χ2n) is 5.57. The maximum Gasteiger partial charge on any atom is 0.322 e. The molecular formula is C16H30N2O7. The second kappa shape index (κ2) is 14.6. The quantitative estimate of drug-likeness (QED) is 0.344. The Bertz CT molecular complexity index is 402. The molecule has 25 heavy (non-hydrogen) atoms. The van der Waals surface area contributed by atoms with Gasteiger partial charge in [0.2, 0.25) is 11.8 Å². The maximum absolute atomic E-state index is 11.9. The minimum Gasteiger partial charge on any atom is -0.480 e. The topological polar surface area (TPSA) is 123 Å². The van der Waals surface area contributed by atoms with Gasteiger partial charge in [-0.1, -0.05) is 13.8 Å². The number of carboxylic acid groups (broad SMARTS) is 1. The molecule has 9 heteroatoms. The van der Waals surface area contributed by atoms with Gasteiger partial charge < -0.3 is 30.0 Å². The minimum absolute atomic E-state index is 0.106. The fourth-order valence-corrected chi connectivity index (χ4v) is 1.80. The minimum atomic E-state index is -1.14. The van der Waals surface area contributed by atoms with Crippen molar-refractivity contribution < 1.29 is 33.7 Å². The Morgan fingerprint density at radius 1 is 0.960 bits per heavy atom. The Morgan fingerprint density at radius 3 is 2.04 bits per heavy atom. The molecular weight excluding hydrogens is 332 g/mol. The number of carbonyl (C=O) groups excluding carboxylic acids is 2. The molecule has 146 valence electrons. The van der Waals surface area contributed by atoms with Crippen molar-refractivity contribution in [2.75, 3.05) is 46.2 Å². The van der Waals surface area contributed by atoms with E-state index < -0.39 is 24.5 Å². The van der Waals surface area contributed by atoms with Crippen LogP contribution in [0, 0.1) is 5.92 Å². The highest BCUT2D eigenvalue weighted by atomic mass is 16.5. The molecule has 0 aromatic rings. The predicted molar refractivity (Wildman–Crippen MR) is 90.2 cm³/mol. The zero-order chi connectivity index (χ0) is 19.1. The van der Waals surface area contributed by atoms with Crippen LogP contribution in [0.1, 0.15) is 27.2 Å². The predicted octanol–water partition coefficient (Wildman–Crippen LogP) is -0.212. The Balaban J connectivity index is 3.89. The van der Waals surface area contributed by atoms with Gasteiger partial charge in [-0.15, -0.1) is 0 Å². The molecule has 0 fully saturated rings. The molecule has 0 saturated heterocycles. The van der Waals surface area contributed by atoms with E-state index in [0.29, 0.717) is 33.0 Å². The molecule has 0 radical (unpaired) electrons. The molecule has 0 spiro atoms. The third kappa shape index (κ3) is 13.3. The van der Waals surface area contributed by atoms with Crippen molar-refractivity contribution >= 4 is 17.8 Å². The van der Waals surface area contributed by atoms with Crippen molar-refractivity contribution in [3.63, 3.8) is 0 Å². The highest BCUT2D eigenvalue weighted by Crippen LogP contribution is 2.02. The number of ether oxygens (including phenoxy) is 3. The van der Waals surface area contributed by atoms with Gasteiger partial charge in [-0.05, 0) is 12.8 Å². The Labute approximate surface area is 148 Å². The molecule has 0 heterocycles. The van der Waals surface area contributed by atoms with Crippen molar-refractivity contribution in [2.45, 2.75) is 33.2 Å². The monoisotopic (exact) mass is 362 g/mol. The van der Waals surface area contributed by atoms with Gasteiger partial charge in [0.25, 0.3) is 0 Å². The van der Waals surface area contributed by atoms with Crippen LogP contribution in [-0.2, 0) is 28.6 Å². The molecule has 1 unspecified atom stereocenters. The number of aliphatic carboxylic acids is 1. The Morgan fingerprint density at radius 2 is 1.52 bits per heavy atom. The Hall–Kier alpha value is -1.71. The maximum atomic E-state index is 11.9. The summed E-state index contributed by atoms with van der Waals surface area (Å²) in [6, 6.07) is -0.784. The van der Waals surface area contributed by atoms with E-state index in [1.54, 1.807) is 13.8 Å². The first-order valence-electron chi connectivity index (χ1n) is 8.40. The molecule has 1 atom stereocenters. The number of nitrogens with one attached hydrogen (secondary N) is 2. The van der Waals surface area contributed by atoms with Gasteiger partial charge in [0.1, 0.15) is 12.6 Å². The molecule has 0 aliphatic rings. The third-order valence-corrected chi connectivity index (χ3v) is 3.10. The van der Waals surface area contributed by atoms with E-state index in [2.05, 4.69) is 10.6 Å². The fourth-order valence-electron chi connectivity index (χ4n) is 1.80. The van der Waals surface area contributed by atoms with Gasteiger partial charge in [-0.3, -0.25) is 14.4 Å². The van der Waals surface area contributed by atoms with Gasteiger partial charge >= 0.3 is 5.97 Å². The average Bonchev–Trinajstić information content (AvgIpc) is 2.55. The molecule has 0 saturated carbocycles. The number of rotatable bonds is 15. The number of hydrogen-bond acceptors (Lipinski definition) is 6. The van der Waals surface area contributed by atoms with E-state index in [0.717, 1.165) is 0 Å². The lowest BCUT2D eigenvalue weighted by atomic mass is 10.0. The molecule has 0 aromatic carbocycles. The molecule has 0 aliphatic carbocycles. The molecule has 0 aliphatic heterocycles. The van der Waals surface area contributed by atoms with Crippen LogP contribution in [0.5, 0.6) is 0 Å². The normalized spacial score (nSPS) is 12.0. The van der Waals surface area contributed by atoms with E-state index >= 15 is 0 Å². The first-order chi connectivity index (χ1) is 11.9. The highest BCUT2D eigenvalue weighted by Gasteiger charge is 2.24. The third-order valence-electron chi connectivity index (χ3n) is 3.10. The fraction of sp³-hybridized carbons (Fsp3) is 0.812. The summed E-state index contributed by atoms with van der Waals surface area (Å²) in [5.74, 6) is -2.16. The smallest absolute Gasteiger partial charge is 0.322 e. The summed E-state index contributed by atoms with van der Waals surface area (Å²) in [6.07, 6.45) is 0.106. The van der Waals surface area contributed by atoms with Crippen LogP contribution < -0.4 is 10.6 Å². The average molecular weight is 362 g/mol. The van der Waals surface area contributed by atoms with Gasteiger partial charge in [-0.25, -0.2) is 0 Å². The van der Waals surface area contributed by atoms with Crippen LogP contribution in [0.4, 0.5) is 0 Å². The van der Waals surface area contributed by atoms with Gasteiger partial charge in [0.15, 0.2) is 0 Å². The van der Waals surface area contributed by atoms with E-state index in [1.165, 1.54) is 0 Å². The van der Waals surface area contributed by atoms with Crippen molar-refractivity contribution in [3.8, 4) is 0 Å². The number of carboxylic acids is 1. The van der Waals surface area contributed by atoms with Crippen molar-refractivity contribution in [1.29, 1.82) is 0 Å². The van der Waals surface area contributed by atoms with E-state index in [1.807, 2.05) is 6.92 Å². The van der Waals surface area contributed by atoms with E-state index in [9.17, 15) is 14.4 Å². The summed E-state index contributed by atoms with van der Waals surface area (Å²) < 4.78 is 15.7. The first kappa shape index (κ1) is 23.3. The summed E-state index contributed by atoms with van der Waals surface area (Å²) in [7, 11) is 0. The van der Waals surface area contributed by atoms with Crippen LogP contribution >= 0.6 is 0 Å². The van der Waals surface area contributed by atoms with Crippen LogP contribution in [0.3, 0.4) is 0 Å². The second-order valence-corrected chi connectivity index (χ2v) is 5.57. The molecule has 2 amide bonds. The SMILES string of the molecule is CCOCCOCCOCCC(=O)NC(C(=O)NCC(=O)O)C(C)C. The number of carbonyl (C=O) groups is 3. The van der Waals surface area contributed by atoms with Crippen LogP contribution in [0.25, 0.3) is 0 Å². The van der Waals surface area contributed by atoms with Crippen molar-refractivity contribution in [1.82, 2.24) is 10.6 Å². The van der Waals surface area contributed by atoms with Gasteiger partial charge in [0, 0.05) is 13.0 Å². The van der Waals surface area contributed by atoms with E-state index in [4.69, 9.17) is 19.3 Å². The summed E-state index contributed by atoms with van der Waals surface area (Å²) in [6.45, 7) is 7.65. The molecule has 0 aromatic heterocycles. The lowest BCUT2D eigenvalue weighted by Gasteiger charge is -2.21. The summed E-state index contributed by atoms with van der Waals surface area (Å²) >= 11 is 0. The standard InChI is InChI=1S/C16H30N2O7/c1-4-23-7-8-25-10-9-24-6-5-13(19)18-15(12(2)3)16(22)17-11-14(20)21/h12,15H,4-11H2,1-3H3,(H,17,22)(H,18,19)(H,20,21). The summed E-state index contributed by atoms with van der Waals surface area (Å²) in [4.78, 5) is 34.3. The van der Waals surface area contributed by atoms with Gasteiger partial charge in [-0.2, -0.15) is 0 Å². The number of hydrogen-bond donors (Lipinski definition) is 3.